The van der Waals surface area contributed by atoms with Gasteiger partial charge >= 0.3 is 0 Å². The molecule has 0 saturated carbocycles. The van der Waals surface area contributed by atoms with E-state index < -0.39 is 12.2 Å². The van der Waals surface area contributed by atoms with Crippen molar-refractivity contribution in [3.63, 3.8) is 0 Å². The Morgan fingerprint density at radius 2 is 1.55 bits per heavy atom. The number of benzene rings is 2. The maximum atomic E-state index is 10.3. The lowest BCUT2D eigenvalue weighted by Crippen LogP contribution is -2.29. The van der Waals surface area contributed by atoms with Gasteiger partial charge < -0.3 is 19.7 Å². The Labute approximate surface area is 118 Å². The van der Waals surface area contributed by atoms with Gasteiger partial charge in [0.1, 0.15) is 6.10 Å². The molecule has 2 aromatic rings. The third-order valence-corrected chi connectivity index (χ3v) is 3.02. The molecule has 0 aliphatic heterocycles. The number of hydrogen-bond acceptors (Lipinski definition) is 4. The van der Waals surface area contributed by atoms with Gasteiger partial charge in [0.15, 0.2) is 17.6 Å². The molecule has 0 fully saturated rings. The second-order valence-electron chi connectivity index (χ2n) is 4.35. The fraction of sp³-hybridized carbons (Fsp3) is 0.250. The summed E-state index contributed by atoms with van der Waals surface area (Å²) in [7, 11) is 1.55. The van der Waals surface area contributed by atoms with Crippen molar-refractivity contribution in [2.24, 2.45) is 0 Å². The van der Waals surface area contributed by atoms with Gasteiger partial charge in [0.2, 0.25) is 0 Å². The lowest BCUT2D eigenvalue weighted by atomic mass is 10.0. The molecule has 0 bridgehead atoms. The van der Waals surface area contributed by atoms with E-state index in [4.69, 9.17) is 9.47 Å². The number of ether oxygens (including phenoxy) is 2. The Bertz CT molecular complexity index is 527. The summed E-state index contributed by atoms with van der Waals surface area (Å²) in [5, 5.41) is 19.7. The summed E-state index contributed by atoms with van der Waals surface area (Å²) in [4.78, 5) is 0. The first-order valence-electron chi connectivity index (χ1n) is 6.39. The fourth-order valence-electron chi connectivity index (χ4n) is 1.95. The van der Waals surface area contributed by atoms with Crippen LogP contribution < -0.4 is 9.47 Å². The van der Waals surface area contributed by atoms with Gasteiger partial charge in [-0.1, -0.05) is 42.5 Å². The lowest BCUT2D eigenvalue weighted by molar-refractivity contribution is -0.000405. The van der Waals surface area contributed by atoms with Gasteiger partial charge in [-0.3, -0.25) is 0 Å². The Kier molecular flexibility index (Phi) is 4.98. The molecule has 0 spiro atoms. The van der Waals surface area contributed by atoms with Gasteiger partial charge in [0, 0.05) is 0 Å². The molecule has 2 rings (SSSR count). The predicted octanol–water partition coefficient (Wildman–Crippen LogP) is 2.17. The minimum Gasteiger partial charge on any atom is -0.493 e. The number of hydrogen-bond donors (Lipinski definition) is 2. The van der Waals surface area contributed by atoms with E-state index in [9.17, 15) is 10.2 Å². The molecule has 0 radical (unpaired) electrons. The van der Waals surface area contributed by atoms with Crippen LogP contribution in [0.1, 0.15) is 11.7 Å². The highest BCUT2D eigenvalue weighted by Crippen LogP contribution is 2.29. The van der Waals surface area contributed by atoms with Crippen LogP contribution in [0.2, 0.25) is 0 Å². The zero-order valence-electron chi connectivity index (χ0n) is 11.3. The maximum Gasteiger partial charge on any atom is 0.161 e. The van der Waals surface area contributed by atoms with Crippen LogP contribution in [0.5, 0.6) is 11.5 Å². The third kappa shape index (κ3) is 3.29. The van der Waals surface area contributed by atoms with Crippen LogP contribution in [-0.2, 0) is 0 Å². The molecule has 0 saturated heterocycles. The summed E-state index contributed by atoms with van der Waals surface area (Å²) in [5.41, 5.74) is 0.696. The van der Waals surface area contributed by atoms with E-state index in [2.05, 4.69) is 0 Å². The lowest BCUT2D eigenvalue weighted by Gasteiger charge is -2.23. The van der Waals surface area contributed by atoms with Crippen LogP contribution in [0.25, 0.3) is 0 Å². The van der Waals surface area contributed by atoms with Crippen LogP contribution in [0.3, 0.4) is 0 Å². The summed E-state index contributed by atoms with van der Waals surface area (Å²) in [6, 6.07) is 16.2. The number of rotatable bonds is 6. The molecule has 0 amide bonds. The van der Waals surface area contributed by atoms with Crippen molar-refractivity contribution in [2.45, 2.75) is 12.2 Å². The second-order valence-corrected chi connectivity index (χ2v) is 4.35. The van der Waals surface area contributed by atoms with E-state index in [-0.39, 0.29) is 6.61 Å². The first-order chi connectivity index (χ1) is 9.76. The van der Waals surface area contributed by atoms with Crippen LogP contribution >= 0.6 is 0 Å². The molecule has 2 unspecified atom stereocenters. The number of aliphatic hydroxyl groups excluding tert-OH is 2. The van der Waals surface area contributed by atoms with E-state index in [1.54, 1.807) is 37.4 Å². The van der Waals surface area contributed by atoms with Crippen LogP contribution in [0, 0.1) is 0 Å². The Morgan fingerprint density at radius 1 is 0.950 bits per heavy atom. The number of para-hydroxylation sites is 2. The van der Waals surface area contributed by atoms with E-state index in [1.807, 2.05) is 24.3 Å². The van der Waals surface area contributed by atoms with E-state index in [1.165, 1.54) is 0 Å². The quantitative estimate of drug-likeness (QED) is 0.847. The van der Waals surface area contributed by atoms with Crippen molar-refractivity contribution in [1.82, 2.24) is 0 Å². The molecule has 20 heavy (non-hydrogen) atoms. The maximum absolute atomic E-state index is 10.3. The van der Waals surface area contributed by atoms with Crippen LogP contribution in [0.4, 0.5) is 0 Å². The molecule has 0 aliphatic carbocycles. The molecular weight excluding hydrogens is 256 g/mol. The molecule has 2 N–H and O–H groups in total. The molecule has 0 heterocycles. The van der Waals surface area contributed by atoms with Crippen molar-refractivity contribution >= 4 is 0 Å². The zero-order chi connectivity index (χ0) is 14.4. The minimum absolute atomic E-state index is 0.298. The summed E-state index contributed by atoms with van der Waals surface area (Å²) in [5.74, 6) is 1.05. The van der Waals surface area contributed by atoms with Crippen molar-refractivity contribution in [3.8, 4) is 11.5 Å². The van der Waals surface area contributed by atoms with E-state index in [0.717, 1.165) is 0 Å². The standard InChI is InChI=1S/C16H18O4/c1-19-13-9-5-6-10-14(13)20-15(11-17)16(18)12-7-3-2-4-8-12/h2-10,15-18H,11H2,1H3. The fourth-order valence-corrected chi connectivity index (χ4v) is 1.95. The molecule has 0 aliphatic rings. The Hall–Kier alpha value is -2.04. The van der Waals surface area contributed by atoms with Crippen molar-refractivity contribution in [3.05, 3.63) is 60.2 Å². The second kappa shape index (κ2) is 6.93. The average molecular weight is 274 g/mol. The normalized spacial score (nSPS) is 13.6. The monoisotopic (exact) mass is 274 g/mol. The summed E-state index contributed by atoms with van der Waals surface area (Å²) < 4.78 is 10.9. The highest BCUT2D eigenvalue weighted by molar-refractivity contribution is 5.39. The Morgan fingerprint density at radius 3 is 2.15 bits per heavy atom. The van der Waals surface area contributed by atoms with Crippen LogP contribution in [-0.4, -0.2) is 30.0 Å². The summed E-state index contributed by atoms with van der Waals surface area (Å²) >= 11 is 0. The van der Waals surface area contributed by atoms with Crippen molar-refractivity contribution in [2.75, 3.05) is 13.7 Å². The highest BCUT2D eigenvalue weighted by Gasteiger charge is 2.23. The van der Waals surface area contributed by atoms with Gasteiger partial charge in [-0.15, -0.1) is 0 Å². The number of aliphatic hydroxyl groups is 2. The summed E-state index contributed by atoms with van der Waals surface area (Å²) in [6.45, 7) is -0.298. The molecule has 106 valence electrons. The topological polar surface area (TPSA) is 58.9 Å². The van der Waals surface area contributed by atoms with Gasteiger partial charge in [-0.25, -0.2) is 0 Å². The van der Waals surface area contributed by atoms with Gasteiger partial charge in [-0.2, -0.15) is 0 Å². The summed E-state index contributed by atoms with van der Waals surface area (Å²) in [6.07, 6.45) is -1.67. The first kappa shape index (κ1) is 14.4. The zero-order valence-corrected chi connectivity index (χ0v) is 11.3. The van der Waals surface area contributed by atoms with Gasteiger partial charge in [0.25, 0.3) is 0 Å². The van der Waals surface area contributed by atoms with Crippen LogP contribution in [0.15, 0.2) is 54.6 Å². The van der Waals surface area contributed by atoms with Crippen molar-refractivity contribution < 1.29 is 19.7 Å². The largest absolute Gasteiger partial charge is 0.493 e. The van der Waals surface area contributed by atoms with Crippen molar-refractivity contribution in [1.29, 1.82) is 0 Å². The third-order valence-electron chi connectivity index (χ3n) is 3.02. The predicted molar refractivity (Wildman–Crippen MR) is 75.9 cm³/mol. The van der Waals surface area contributed by atoms with Gasteiger partial charge in [-0.05, 0) is 17.7 Å². The minimum atomic E-state index is -0.911. The smallest absolute Gasteiger partial charge is 0.161 e. The highest BCUT2D eigenvalue weighted by atomic mass is 16.5. The Balaban J connectivity index is 2.17. The molecule has 2 atom stereocenters. The van der Waals surface area contributed by atoms with E-state index in [0.29, 0.717) is 17.1 Å². The number of methoxy groups -OCH3 is 1. The van der Waals surface area contributed by atoms with E-state index >= 15 is 0 Å². The van der Waals surface area contributed by atoms with Gasteiger partial charge in [0.05, 0.1) is 13.7 Å². The molecule has 4 heteroatoms. The molecular formula is C16H18O4. The molecule has 4 nitrogen and oxygen atoms in total. The molecule has 2 aromatic carbocycles. The average Bonchev–Trinajstić information content (AvgIpc) is 2.53. The molecule has 0 aromatic heterocycles. The first-order valence-corrected chi connectivity index (χ1v) is 6.39. The SMILES string of the molecule is COc1ccccc1OC(CO)C(O)c1ccccc1.